The van der Waals surface area contributed by atoms with Gasteiger partial charge < -0.3 is 10.4 Å². The van der Waals surface area contributed by atoms with Gasteiger partial charge in [0.1, 0.15) is 0 Å². The van der Waals surface area contributed by atoms with Crippen LogP contribution in [0.4, 0.5) is 5.69 Å². The number of halogens is 1. The molecule has 5 nitrogen and oxygen atoms in total. The van der Waals surface area contributed by atoms with Crippen molar-refractivity contribution in [3.63, 3.8) is 0 Å². The van der Waals surface area contributed by atoms with Crippen molar-refractivity contribution in [1.82, 2.24) is 4.98 Å². The smallest absolute Gasteiger partial charge is 0.338 e. The summed E-state index contributed by atoms with van der Waals surface area (Å²) in [6.07, 6.45) is 2.53. The van der Waals surface area contributed by atoms with E-state index in [1.807, 2.05) is 6.07 Å². The third kappa shape index (κ3) is 3.17. The zero-order valence-electron chi connectivity index (χ0n) is 9.63. The lowest BCUT2D eigenvalue weighted by atomic mass is 10.1. The Morgan fingerprint density at radius 2 is 2.00 bits per heavy atom. The van der Waals surface area contributed by atoms with Crippen LogP contribution in [0.15, 0.2) is 47.2 Å². The summed E-state index contributed by atoms with van der Waals surface area (Å²) in [6, 6.07) is 8.40. The number of carbonyl (C=O) groups excluding carboxylic acids is 1. The summed E-state index contributed by atoms with van der Waals surface area (Å²) >= 11 is 3.29. The quantitative estimate of drug-likeness (QED) is 0.911. The minimum absolute atomic E-state index is 0.0717. The van der Waals surface area contributed by atoms with Gasteiger partial charge in [0.05, 0.1) is 11.1 Å². The number of amides is 1. The first kappa shape index (κ1) is 13.2. The van der Waals surface area contributed by atoms with Crippen LogP contribution < -0.4 is 5.32 Å². The first-order valence-corrected chi connectivity index (χ1v) is 6.11. The molecule has 2 rings (SSSR count). The molecule has 1 heterocycles. The Kier molecular flexibility index (Phi) is 3.91. The summed E-state index contributed by atoms with van der Waals surface area (Å²) in [5, 5.41) is 11.6. The SMILES string of the molecule is O=C(O)c1cnccc1C(=O)Nc1cccc(Br)c1. The Hall–Kier alpha value is -2.21. The molecule has 6 heteroatoms. The number of hydrogen-bond donors (Lipinski definition) is 2. The number of rotatable bonds is 3. The fourth-order valence-corrected chi connectivity index (χ4v) is 1.93. The Morgan fingerprint density at radius 1 is 1.21 bits per heavy atom. The molecule has 1 aromatic carbocycles. The molecular weight excluding hydrogens is 312 g/mol. The van der Waals surface area contributed by atoms with Gasteiger partial charge in [0.25, 0.3) is 5.91 Å². The van der Waals surface area contributed by atoms with Gasteiger partial charge in [0.15, 0.2) is 0 Å². The largest absolute Gasteiger partial charge is 0.478 e. The van der Waals surface area contributed by atoms with Gasteiger partial charge in [-0.3, -0.25) is 9.78 Å². The monoisotopic (exact) mass is 320 g/mol. The van der Waals surface area contributed by atoms with Crippen molar-refractivity contribution in [1.29, 1.82) is 0 Å². The average molecular weight is 321 g/mol. The molecule has 0 spiro atoms. The van der Waals surface area contributed by atoms with Crippen molar-refractivity contribution in [2.45, 2.75) is 0 Å². The molecule has 0 saturated heterocycles. The first-order valence-electron chi connectivity index (χ1n) is 5.32. The second-order valence-corrected chi connectivity index (χ2v) is 4.61. The number of carboxylic acid groups (broad SMARTS) is 1. The Bertz CT molecular complexity index is 643. The van der Waals surface area contributed by atoms with E-state index < -0.39 is 11.9 Å². The fraction of sp³-hybridized carbons (Fsp3) is 0. The minimum Gasteiger partial charge on any atom is -0.478 e. The third-order valence-electron chi connectivity index (χ3n) is 2.38. The van der Waals surface area contributed by atoms with Crippen LogP contribution in [-0.2, 0) is 0 Å². The van der Waals surface area contributed by atoms with E-state index >= 15 is 0 Å². The van der Waals surface area contributed by atoms with Gasteiger partial charge in [0.2, 0.25) is 0 Å². The van der Waals surface area contributed by atoms with Gasteiger partial charge in [-0.05, 0) is 24.3 Å². The zero-order valence-corrected chi connectivity index (χ0v) is 11.2. The van der Waals surface area contributed by atoms with Gasteiger partial charge in [0, 0.05) is 22.6 Å². The lowest BCUT2D eigenvalue weighted by Gasteiger charge is -2.07. The summed E-state index contributed by atoms with van der Waals surface area (Å²) in [4.78, 5) is 26.7. The van der Waals surface area contributed by atoms with Crippen LogP contribution in [-0.4, -0.2) is 22.0 Å². The number of nitrogens with one attached hydrogen (secondary N) is 1. The molecule has 0 saturated carbocycles. The number of benzene rings is 1. The van der Waals surface area contributed by atoms with Crippen LogP contribution in [0.1, 0.15) is 20.7 Å². The van der Waals surface area contributed by atoms with Gasteiger partial charge in [-0.15, -0.1) is 0 Å². The van der Waals surface area contributed by atoms with Crippen LogP contribution in [0.3, 0.4) is 0 Å². The van der Waals surface area contributed by atoms with Gasteiger partial charge in [-0.25, -0.2) is 4.79 Å². The number of aromatic carboxylic acids is 1. The maximum Gasteiger partial charge on any atom is 0.338 e. The second-order valence-electron chi connectivity index (χ2n) is 3.69. The zero-order chi connectivity index (χ0) is 13.8. The molecule has 0 fully saturated rings. The molecular formula is C13H9BrN2O3. The highest BCUT2D eigenvalue weighted by atomic mass is 79.9. The predicted octanol–water partition coefficient (Wildman–Crippen LogP) is 2.79. The second kappa shape index (κ2) is 5.62. The Morgan fingerprint density at radius 3 is 2.68 bits per heavy atom. The van der Waals surface area contributed by atoms with Crippen molar-refractivity contribution in [3.05, 3.63) is 58.3 Å². The molecule has 1 aromatic heterocycles. The van der Waals surface area contributed by atoms with Crippen LogP contribution in [0.2, 0.25) is 0 Å². The van der Waals surface area contributed by atoms with E-state index in [0.717, 1.165) is 10.7 Å². The Labute approximate surface area is 117 Å². The fourth-order valence-electron chi connectivity index (χ4n) is 1.53. The molecule has 0 aliphatic carbocycles. The van der Waals surface area contributed by atoms with E-state index in [4.69, 9.17) is 5.11 Å². The van der Waals surface area contributed by atoms with Crippen molar-refractivity contribution >= 4 is 33.5 Å². The van der Waals surface area contributed by atoms with Crippen molar-refractivity contribution in [3.8, 4) is 0 Å². The summed E-state index contributed by atoms with van der Waals surface area (Å²) in [5.41, 5.74) is 0.519. The van der Waals surface area contributed by atoms with Crippen LogP contribution in [0.5, 0.6) is 0 Å². The van der Waals surface area contributed by atoms with Crippen molar-refractivity contribution < 1.29 is 14.7 Å². The highest BCUT2D eigenvalue weighted by Gasteiger charge is 2.16. The first-order chi connectivity index (χ1) is 9.08. The normalized spacial score (nSPS) is 9.95. The number of anilines is 1. The van der Waals surface area contributed by atoms with Crippen molar-refractivity contribution in [2.24, 2.45) is 0 Å². The molecule has 2 aromatic rings. The molecule has 0 atom stereocenters. The molecule has 19 heavy (non-hydrogen) atoms. The number of aromatic nitrogens is 1. The summed E-state index contributed by atoms with van der Waals surface area (Å²) in [7, 11) is 0. The maximum atomic E-state index is 12.0. The Balaban J connectivity index is 2.28. The van der Waals surface area contributed by atoms with E-state index in [0.29, 0.717) is 5.69 Å². The van der Waals surface area contributed by atoms with Gasteiger partial charge in [-0.1, -0.05) is 22.0 Å². The lowest BCUT2D eigenvalue weighted by molar-refractivity contribution is 0.0692. The topological polar surface area (TPSA) is 79.3 Å². The van der Waals surface area contributed by atoms with Crippen LogP contribution in [0.25, 0.3) is 0 Å². The van der Waals surface area contributed by atoms with E-state index in [9.17, 15) is 9.59 Å². The van der Waals surface area contributed by atoms with E-state index in [2.05, 4.69) is 26.2 Å². The standard InChI is InChI=1S/C13H9BrN2O3/c14-8-2-1-3-9(6-8)16-12(17)10-4-5-15-7-11(10)13(18)19/h1-7H,(H,16,17)(H,18,19). The molecule has 0 radical (unpaired) electrons. The third-order valence-corrected chi connectivity index (χ3v) is 2.87. The van der Waals surface area contributed by atoms with Crippen molar-refractivity contribution in [2.75, 3.05) is 5.32 Å². The lowest BCUT2D eigenvalue weighted by Crippen LogP contribution is -2.16. The van der Waals surface area contributed by atoms with E-state index in [1.165, 1.54) is 12.3 Å². The summed E-state index contributed by atoms with van der Waals surface area (Å²) < 4.78 is 0.818. The molecule has 0 aliphatic heterocycles. The molecule has 1 amide bonds. The van der Waals surface area contributed by atoms with Crippen LogP contribution in [0, 0.1) is 0 Å². The summed E-state index contributed by atoms with van der Waals surface area (Å²) in [5.74, 6) is -1.68. The minimum atomic E-state index is -1.19. The number of nitrogens with zero attached hydrogens (tertiary/aromatic N) is 1. The van der Waals surface area contributed by atoms with Gasteiger partial charge in [-0.2, -0.15) is 0 Å². The molecule has 0 bridgehead atoms. The van der Waals surface area contributed by atoms with E-state index in [-0.39, 0.29) is 11.1 Å². The maximum absolute atomic E-state index is 12.0. The molecule has 96 valence electrons. The summed E-state index contributed by atoms with van der Waals surface area (Å²) in [6.45, 7) is 0. The number of carbonyl (C=O) groups is 2. The number of pyridine rings is 1. The molecule has 0 aliphatic rings. The molecule has 0 unspecified atom stereocenters. The number of carboxylic acids is 1. The highest BCUT2D eigenvalue weighted by Crippen LogP contribution is 2.17. The van der Waals surface area contributed by atoms with Crippen LogP contribution >= 0.6 is 15.9 Å². The molecule has 2 N–H and O–H groups in total. The van der Waals surface area contributed by atoms with E-state index in [1.54, 1.807) is 18.2 Å². The predicted molar refractivity (Wildman–Crippen MR) is 73.3 cm³/mol. The number of hydrogen-bond acceptors (Lipinski definition) is 3. The van der Waals surface area contributed by atoms with Gasteiger partial charge >= 0.3 is 5.97 Å². The average Bonchev–Trinajstić information content (AvgIpc) is 2.38. The highest BCUT2D eigenvalue weighted by molar-refractivity contribution is 9.10.